The molecule has 1 aromatic carbocycles. The van der Waals surface area contributed by atoms with Gasteiger partial charge in [-0.2, -0.15) is 14.6 Å². The Labute approximate surface area is 143 Å². The van der Waals surface area contributed by atoms with Gasteiger partial charge in [0.2, 0.25) is 0 Å². The number of nitrogens with one attached hydrogen (secondary N) is 1. The number of anilines is 2. The first-order chi connectivity index (χ1) is 11.4. The molecule has 0 aliphatic rings. The van der Waals surface area contributed by atoms with E-state index in [1.165, 1.54) is 23.3 Å². The van der Waals surface area contributed by atoms with Crippen LogP contribution in [0.1, 0.15) is 5.56 Å². The fraction of sp³-hybridized carbons (Fsp3) is 0.154. The zero-order chi connectivity index (χ0) is 18.5. The highest BCUT2D eigenvalue weighted by Crippen LogP contribution is 3.02. The summed E-state index contributed by atoms with van der Waals surface area (Å²) in [7, 11) is -9.77. The highest BCUT2D eigenvalue weighted by atomic mass is 32.5. The van der Waals surface area contributed by atoms with Gasteiger partial charge in [0.15, 0.2) is 0 Å². The lowest BCUT2D eigenvalue weighted by atomic mass is 10.2. The molecule has 0 aliphatic heterocycles. The van der Waals surface area contributed by atoms with Crippen molar-refractivity contribution in [3.8, 4) is 0 Å². The molecule has 3 aromatic rings. The monoisotopic (exact) mass is 397 g/mol. The van der Waals surface area contributed by atoms with Gasteiger partial charge in [0.1, 0.15) is 17.0 Å². The van der Waals surface area contributed by atoms with Gasteiger partial charge in [0, 0.05) is 11.1 Å². The van der Waals surface area contributed by atoms with E-state index >= 15 is 0 Å². The summed E-state index contributed by atoms with van der Waals surface area (Å²) in [5, 5.41) is 6.85. The number of aromatic nitrogens is 4. The number of nitrogens with zero attached hydrogens (tertiary/aromatic N) is 4. The number of hydrogen-bond acceptors (Lipinski definition) is 5. The summed E-state index contributed by atoms with van der Waals surface area (Å²) in [6.45, 7) is 1.00. The first-order valence-electron chi connectivity index (χ1n) is 6.73. The quantitative estimate of drug-likeness (QED) is 0.462. The Morgan fingerprint density at radius 1 is 1.12 bits per heavy atom. The van der Waals surface area contributed by atoms with Gasteiger partial charge in [-0.3, -0.25) is 0 Å². The fourth-order valence-electron chi connectivity index (χ4n) is 2.32. The van der Waals surface area contributed by atoms with E-state index < -0.39 is 20.7 Å². The summed E-state index contributed by atoms with van der Waals surface area (Å²) < 4.78 is 67.3. The van der Waals surface area contributed by atoms with Gasteiger partial charge in [-0.05, 0) is 36.9 Å². The van der Waals surface area contributed by atoms with Crippen molar-refractivity contribution in [1.29, 1.82) is 0 Å². The molecular weight excluding hydrogens is 385 g/mol. The van der Waals surface area contributed by atoms with Gasteiger partial charge >= 0.3 is 10.2 Å². The summed E-state index contributed by atoms with van der Waals surface area (Å²) >= 11 is 0.921. The molecule has 0 amide bonds. The minimum Gasteiger partial charge on any atom is -0.339 e. The van der Waals surface area contributed by atoms with Crippen LogP contribution >= 0.6 is 22.0 Å². The molecule has 12 heteroatoms. The highest BCUT2D eigenvalue weighted by Gasteiger charge is 2.66. The number of hydrogen-bond donors (Lipinski definition) is 1. The van der Waals surface area contributed by atoms with Crippen molar-refractivity contribution in [3.63, 3.8) is 0 Å². The number of thioether (sulfide) groups is 1. The van der Waals surface area contributed by atoms with Crippen LogP contribution in [0.5, 0.6) is 0 Å². The Bertz CT molecular complexity index is 971. The number of rotatable bonds is 4. The van der Waals surface area contributed by atoms with Crippen LogP contribution < -0.4 is 5.32 Å². The van der Waals surface area contributed by atoms with Crippen molar-refractivity contribution in [2.45, 2.75) is 16.7 Å². The van der Waals surface area contributed by atoms with Crippen LogP contribution in [-0.4, -0.2) is 25.8 Å². The molecule has 2 heterocycles. The molecule has 5 nitrogen and oxygen atoms in total. The number of benzene rings is 1. The molecule has 1 N–H and O–H groups in total. The first kappa shape index (κ1) is 17.7. The third-order valence-electron chi connectivity index (χ3n) is 3.36. The summed E-state index contributed by atoms with van der Waals surface area (Å²) in [5.74, 6) is 0.674. The third kappa shape index (κ3) is 3.49. The lowest BCUT2D eigenvalue weighted by Crippen LogP contribution is -2.09. The van der Waals surface area contributed by atoms with Gasteiger partial charge < -0.3 is 5.32 Å². The average Bonchev–Trinajstić information content (AvgIpc) is 2.94. The zero-order valence-corrected chi connectivity index (χ0v) is 14.5. The molecule has 0 fully saturated rings. The SMILES string of the molecule is CSc1cc(S(F)(F)(F)(F)F)c(C)cc1Nc1ccnc2ncnn12. The van der Waals surface area contributed by atoms with E-state index in [2.05, 4.69) is 20.4 Å². The standard InChI is InChI=1S/C13H12F5N5S2/c1-8-5-9(10(24-2)6-11(8)25(14,15,16,17)18)22-12-3-4-19-13-20-7-21-23(12)13/h3-7,22H,1-2H3. The molecule has 136 valence electrons. The summed E-state index contributed by atoms with van der Waals surface area (Å²) in [6, 6.07) is 3.06. The number of aryl methyl sites for hydroxylation is 1. The van der Waals surface area contributed by atoms with E-state index in [0.717, 1.165) is 24.8 Å². The van der Waals surface area contributed by atoms with E-state index in [0.29, 0.717) is 11.9 Å². The van der Waals surface area contributed by atoms with Crippen LogP contribution in [0, 0.1) is 6.92 Å². The van der Waals surface area contributed by atoms with Gasteiger partial charge in [0.25, 0.3) is 5.78 Å². The molecule has 0 saturated heterocycles. The summed E-state index contributed by atoms with van der Waals surface area (Å²) in [4.78, 5) is 6.01. The molecule has 0 saturated carbocycles. The fourth-order valence-corrected chi connectivity index (χ4v) is 3.97. The van der Waals surface area contributed by atoms with Gasteiger partial charge in [-0.1, -0.05) is 19.4 Å². The van der Waals surface area contributed by atoms with Crippen molar-refractivity contribution in [3.05, 3.63) is 36.3 Å². The molecule has 0 radical (unpaired) electrons. The Morgan fingerprint density at radius 3 is 2.48 bits per heavy atom. The molecule has 3 rings (SSSR count). The molecule has 0 aliphatic carbocycles. The number of fused-ring (bicyclic) bond motifs is 1. The van der Waals surface area contributed by atoms with Gasteiger partial charge in [-0.15, -0.1) is 11.8 Å². The van der Waals surface area contributed by atoms with Crippen molar-refractivity contribution < 1.29 is 19.4 Å². The van der Waals surface area contributed by atoms with Crippen molar-refractivity contribution >= 4 is 39.3 Å². The molecule has 2 aromatic heterocycles. The normalized spacial score (nSPS) is 15.0. The lowest BCUT2D eigenvalue weighted by molar-refractivity contribution is 0.363. The van der Waals surface area contributed by atoms with Gasteiger partial charge in [0.05, 0.1) is 5.69 Å². The van der Waals surface area contributed by atoms with E-state index in [1.807, 2.05) is 0 Å². The van der Waals surface area contributed by atoms with Crippen molar-refractivity contribution in [2.75, 3.05) is 11.6 Å². The minimum atomic E-state index is -9.77. The second kappa shape index (κ2) is 4.97. The second-order valence-corrected chi connectivity index (χ2v) is 8.44. The third-order valence-corrected chi connectivity index (χ3v) is 5.40. The van der Waals surface area contributed by atoms with Crippen molar-refractivity contribution in [2.24, 2.45) is 0 Å². The van der Waals surface area contributed by atoms with Gasteiger partial charge in [-0.25, -0.2) is 4.98 Å². The first-order valence-corrected chi connectivity index (χ1v) is 9.91. The number of halogens is 5. The molecule has 0 bridgehead atoms. The lowest BCUT2D eigenvalue weighted by Gasteiger charge is -2.41. The van der Waals surface area contributed by atoms with E-state index in [9.17, 15) is 19.4 Å². The van der Waals surface area contributed by atoms with Crippen LogP contribution in [0.25, 0.3) is 5.78 Å². The molecule has 0 spiro atoms. The topological polar surface area (TPSA) is 55.1 Å². The zero-order valence-electron chi connectivity index (χ0n) is 12.9. The van der Waals surface area contributed by atoms with E-state index in [1.54, 1.807) is 6.07 Å². The average molecular weight is 397 g/mol. The minimum absolute atomic E-state index is 0.0268. The molecular formula is C13H12F5N5S2. The predicted molar refractivity (Wildman–Crippen MR) is 88.4 cm³/mol. The molecule has 0 unspecified atom stereocenters. The maximum atomic E-state index is 13.2. The predicted octanol–water partition coefficient (Wildman–Crippen LogP) is 5.56. The van der Waals surface area contributed by atoms with Crippen LogP contribution in [-0.2, 0) is 0 Å². The van der Waals surface area contributed by atoms with Crippen LogP contribution in [0.4, 0.5) is 30.9 Å². The largest absolute Gasteiger partial charge is 0.339 e. The van der Waals surface area contributed by atoms with Crippen LogP contribution in [0.3, 0.4) is 0 Å². The Balaban J connectivity index is 2.12. The van der Waals surface area contributed by atoms with E-state index in [-0.39, 0.29) is 16.4 Å². The van der Waals surface area contributed by atoms with Crippen LogP contribution in [0.15, 0.2) is 40.5 Å². The van der Waals surface area contributed by atoms with E-state index in [4.69, 9.17) is 0 Å². The highest BCUT2D eigenvalue weighted by molar-refractivity contribution is 8.45. The van der Waals surface area contributed by atoms with Crippen molar-refractivity contribution in [1.82, 2.24) is 19.6 Å². The summed E-state index contributed by atoms with van der Waals surface area (Å²) in [5.41, 5.74) is -0.318. The maximum Gasteiger partial charge on any atom is 0.310 e. The Hall–Kier alpha value is -2.08. The smallest absolute Gasteiger partial charge is 0.310 e. The molecule has 25 heavy (non-hydrogen) atoms. The second-order valence-electron chi connectivity index (χ2n) is 5.21. The Kier molecular flexibility index (Phi) is 3.53. The maximum absolute atomic E-state index is 13.2. The Morgan fingerprint density at radius 2 is 1.84 bits per heavy atom. The molecule has 0 atom stereocenters. The van der Waals surface area contributed by atoms with Crippen LogP contribution in [0.2, 0.25) is 0 Å². The summed E-state index contributed by atoms with van der Waals surface area (Å²) in [6.07, 6.45) is 4.22.